The van der Waals surface area contributed by atoms with E-state index in [-0.39, 0.29) is 5.54 Å². The predicted octanol–water partition coefficient (Wildman–Crippen LogP) is 7.91. The molecular formula is C27H28Cl2OSi. The average molecular weight is 468 g/mol. The van der Waals surface area contributed by atoms with Crippen LogP contribution in [0.3, 0.4) is 0 Å². The van der Waals surface area contributed by atoms with Gasteiger partial charge in [-0.15, -0.1) is 0 Å². The van der Waals surface area contributed by atoms with Crippen molar-refractivity contribution < 1.29 is 4.74 Å². The van der Waals surface area contributed by atoms with Gasteiger partial charge in [0.2, 0.25) is 0 Å². The van der Waals surface area contributed by atoms with Gasteiger partial charge in [0.05, 0.1) is 0 Å². The fourth-order valence-corrected chi connectivity index (χ4v) is 10.9. The number of hydrogen-bond acceptors (Lipinski definition) is 1. The predicted molar refractivity (Wildman–Crippen MR) is 137 cm³/mol. The minimum atomic E-state index is -2.14. The number of ether oxygens (including phenoxy) is 1. The summed E-state index contributed by atoms with van der Waals surface area (Å²) in [6, 6.07) is 21.5. The van der Waals surface area contributed by atoms with Crippen LogP contribution in [0.25, 0.3) is 11.1 Å². The largest absolute Gasteiger partial charge is 0.489 e. The lowest BCUT2D eigenvalue weighted by molar-refractivity contribution is 0.363. The van der Waals surface area contributed by atoms with Crippen molar-refractivity contribution in [2.45, 2.75) is 38.4 Å². The van der Waals surface area contributed by atoms with Crippen LogP contribution in [0.1, 0.15) is 36.1 Å². The molecule has 0 heterocycles. The number of hydrogen-bond donors (Lipinski definition) is 0. The summed E-state index contributed by atoms with van der Waals surface area (Å²) in [5.41, 5.74) is 6.67. The summed E-state index contributed by atoms with van der Waals surface area (Å²) in [5, 5.41) is 2.94. The molecule has 0 aromatic heterocycles. The highest BCUT2D eigenvalue weighted by Gasteiger charge is 2.48. The van der Waals surface area contributed by atoms with E-state index in [9.17, 15) is 0 Å². The Bertz CT molecular complexity index is 1080. The van der Waals surface area contributed by atoms with Gasteiger partial charge in [-0.1, -0.05) is 92.1 Å². The van der Waals surface area contributed by atoms with Crippen LogP contribution in [-0.2, 0) is 0 Å². The Kier molecular flexibility index (Phi) is 6.34. The van der Waals surface area contributed by atoms with Gasteiger partial charge >= 0.3 is 0 Å². The van der Waals surface area contributed by atoms with Crippen molar-refractivity contribution >= 4 is 36.5 Å². The number of fused-ring (bicyclic) bond motifs is 3. The van der Waals surface area contributed by atoms with Gasteiger partial charge in [0.1, 0.15) is 20.4 Å². The average Bonchev–Trinajstić information content (AvgIpc) is 3.07. The lowest BCUT2D eigenvalue weighted by Gasteiger charge is -2.39. The van der Waals surface area contributed by atoms with Gasteiger partial charge in [-0.3, -0.25) is 0 Å². The van der Waals surface area contributed by atoms with E-state index < -0.39 is 8.07 Å². The van der Waals surface area contributed by atoms with Crippen molar-refractivity contribution in [2.24, 2.45) is 0 Å². The highest BCUT2D eigenvalue weighted by Crippen LogP contribution is 2.52. The molecule has 3 aromatic carbocycles. The first kappa shape index (κ1) is 22.2. The van der Waals surface area contributed by atoms with Crippen molar-refractivity contribution in [1.82, 2.24) is 0 Å². The fraction of sp³-hybridized carbons (Fsp3) is 0.259. The molecule has 160 valence electrons. The summed E-state index contributed by atoms with van der Waals surface area (Å²) >= 11 is 13.0. The van der Waals surface area contributed by atoms with Crippen molar-refractivity contribution in [3.63, 3.8) is 0 Å². The highest BCUT2D eigenvalue weighted by molar-refractivity contribution is 6.94. The molecule has 0 atom stereocenters. The van der Waals surface area contributed by atoms with E-state index in [1.807, 2.05) is 18.2 Å². The molecule has 1 aliphatic rings. The summed E-state index contributed by atoms with van der Waals surface area (Å²) in [4.78, 5) is 0. The van der Waals surface area contributed by atoms with Crippen LogP contribution in [0.15, 0.2) is 67.3 Å². The first-order valence-electron chi connectivity index (χ1n) is 10.9. The smallest absolute Gasteiger partial charge is 0.121 e. The second kappa shape index (κ2) is 8.86. The molecule has 1 aliphatic carbocycles. The molecule has 1 nitrogen and oxygen atoms in total. The second-order valence-corrected chi connectivity index (χ2v) is 14.0. The molecule has 4 heteroatoms. The zero-order valence-corrected chi connectivity index (χ0v) is 20.9. The number of rotatable bonds is 7. The standard InChI is InChI=1S/C27H28Cl2OSi/c1-5-15-30-26-18(4)9-8-10-25(26)31(6-2,7-3)27-23-16-19(28)11-13-21(23)22-14-12-20(29)17-24(22)27/h5,8-14,16-17,27H,1,6-7,15H2,2-4H3. The van der Waals surface area contributed by atoms with E-state index in [4.69, 9.17) is 27.9 Å². The minimum Gasteiger partial charge on any atom is -0.489 e. The SMILES string of the molecule is C=CCOc1c(C)cccc1[Si](CC)(CC)C1c2cc(Cl)ccc2-c2ccc(Cl)cc21. The molecule has 0 saturated carbocycles. The molecule has 0 fully saturated rings. The Morgan fingerprint density at radius 3 is 2.03 bits per heavy atom. The van der Waals surface area contributed by atoms with Gasteiger partial charge in [-0.25, -0.2) is 0 Å². The Morgan fingerprint density at radius 1 is 0.935 bits per heavy atom. The highest BCUT2D eigenvalue weighted by atomic mass is 35.5. The van der Waals surface area contributed by atoms with Crippen molar-refractivity contribution in [3.8, 4) is 16.9 Å². The van der Waals surface area contributed by atoms with E-state index >= 15 is 0 Å². The summed E-state index contributed by atoms with van der Waals surface area (Å²) in [7, 11) is -2.14. The van der Waals surface area contributed by atoms with Crippen LogP contribution in [0.4, 0.5) is 0 Å². The van der Waals surface area contributed by atoms with Crippen molar-refractivity contribution in [2.75, 3.05) is 6.61 Å². The number of aryl methyl sites for hydroxylation is 1. The van der Waals surface area contributed by atoms with E-state index in [0.29, 0.717) is 6.61 Å². The molecule has 0 N–H and O–H groups in total. The molecule has 0 radical (unpaired) electrons. The van der Waals surface area contributed by atoms with Crippen LogP contribution >= 0.6 is 23.2 Å². The van der Waals surface area contributed by atoms with Crippen molar-refractivity contribution in [1.29, 1.82) is 0 Å². The van der Waals surface area contributed by atoms with Gasteiger partial charge < -0.3 is 4.74 Å². The van der Waals surface area contributed by atoms with Crippen molar-refractivity contribution in [3.05, 3.63) is 94.0 Å². The lowest BCUT2D eigenvalue weighted by atomic mass is 10.1. The maximum atomic E-state index is 6.52. The fourth-order valence-electron chi connectivity index (χ4n) is 5.37. The van der Waals surface area contributed by atoms with Gasteiger partial charge in [0.25, 0.3) is 0 Å². The summed E-state index contributed by atoms with van der Waals surface area (Å²) in [5.74, 6) is 1.02. The van der Waals surface area contributed by atoms with Gasteiger partial charge in [0.15, 0.2) is 0 Å². The topological polar surface area (TPSA) is 9.23 Å². The van der Waals surface area contributed by atoms with E-state index in [1.54, 1.807) is 0 Å². The Labute approximate surface area is 196 Å². The summed E-state index contributed by atoms with van der Waals surface area (Å²) < 4.78 is 6.27. The Hall–Kier alpha value is -2.00. The van der Waals surface area contributed by atoms with Crippen LogP contribution in [0.5, 0.6) is 5.75 Å². The molecule has 0 aliphatic heterocycles. The monoisotopic (exact) mass is 466 g/mol. The number of para-hydroxylation sites is 1. The first-order valence-corrected chi connectivity index (χ1v) is 14.1. The molecule has 4 rings (SSSR count). The molecule has 0 bridgehead atoms. The Morgan fingerprint density at radius 2 is 1.52 bits per heavy atom. The third-order valence-electron chi connectivity index (χ3n) is 6.85. The lowest BCUT2D eigenvalue weighted by Crippen LogP contribution is -2.53. The van der Waals surface area contributed by atoms with E-state index in [1.165, 1.54) is 33.0 Å². The van der Waals surface area contributed by atoms with Gasteiger partial charge in [0, 0.05) is 15.6 Å². The van der Waals surface area contributed by atoms with Gasteiger partial charge in [-0.05, 0) is 64.2 Å². The van der Waals surface area contributed by atoms with Crippen LogP contribution in [-0.4, -0.2) is 14.7 Å². The van der Waals surface area contributed by atoms with E-state index in [2.05, 4.69) is 69.8 Å². The quantitative estimate of drug-likeness (QED) is 0.253. The van der Waals surface area contributed by atoms with Gasteiger partial charge in [-0.2, -0.15) is 0 Å². The number of benzene rings is 3. The third-order valence-corrected chi connectivity index (χ3v) is 13.0. The summed E-state index contributed by atoms with van der Waals surface area (Å²) in [6.07, 6.45) is 1.82. The molecule has 0 unspecified atom stereocenters. The molecule has 31 heavy (non-hydrogen) atoms. The first-order chi connectivity index (χ1) is 15.0. The Balaban J connectivity index is 2.03. The van der Waals surface area contributed by atoms with E-state index in [0.717, 1.165) is 27.9 Å². The summed E-state index contributed by atoms with van der Waals surface area (Å²) in [6.45, 7) is 11.2. The van der Waals surface area contributed by atoms with Crippen LogP contribution < -0.4 is 9.92 Å². The third kappa shape index (κ3) is 3.65. The zero-order valence-electron chi connectivity index (χ0n) is 18.3. The molecule has 0 amide bonds. The normalized spacial score (nSPS) is 13.1. The van der Waals surface area contributed by atoms with Crippen LogP contribution in [0, 0.1) is 6.92 Å². The minimum absolute atomic E-state index is 0.276. The maximum Gasteiger partial charge on any atom is 0.121 e. The molecular weight excluding hydrogens is 439 g/mol. The number of halogens is 2. The maximum absolute atomic E-state index is 6.52. The molecule has 3 aromatic rings. The van der Waals surface area contributed by atoms with Crippen LogP contribution in [0.2, 0.25) is 22.1 Å². The molecule has 0 spiro atoms. The molecule has 0 saturated heterocycles. The zero-order chi connectivity index (χ0) is 22.2. The second-order valence-electron chi connectivity index (χ2n) is 8.31.